The molecule has 0 aromatic heterocycles. The molecule has 1 heterocycles. The van der Waals surface area contributed by atoms with Crippen molar-refractivity contribution in [3.63, 3.8) is 0 Å². The summed E-state index contributed by atoms with van der Waals surface area (Å²) in [6.07, 6.45) is 8.89. The van der Waals surface area contributed by atoms with Crippen molar-refractivity contribution < 1.29 is 14.4 Å². The van der Waals surface area contributed by atoms with Gasteiger partial charge in [-0.3, -0.25) is 4.79 Å². The molecule has 0 saturated heterocycles. The molecule has 0 fully saturated rings. The molecule has 1 aromatic carbocycles. The summed E-state index contributed by atoms with van der Waals surface area (Å²) in [5.74, 6) is 0.754. The first kappa shape index (κ1) is 17.5. The van der Waals surface area contributed by atoms with E-state index in [1.807, 2.05) is 24.3 Å². The van der Waals surface area contributed by atoms with E-state index in [2.05, 4.69) is 16.5 Å². The van der Waals surface area contributed by atoms with Crippen molar-refractivity contribution in [1.29, 1.82) is 0 Å². The smallest absolute Gasteiger partial charge is 0.264 e. The van der Waals surface area contributed by atoms with E-state index in [9.17, 15) is 4.79 Å². The second kappa shape index (κ2) is 8.70. The number of amides is 1. The van der Waals surface area contributed by atoms with Crippen LogP contribution in [0.1, 0.15) is 44.1 Å². The van der Waals surface area contributed by atoms with Crippen molar-refractivity contribution >= 4 is 11.6 Å². The second-order valence-electron chi connectivity index (χ2n) is 6.63. The minimum absolute atomic E-state index is 0.0687. The lowest BCUT2D eigenvalue weighted by Crippen LogP contribution is -2.35. The fraction of sp³-hybridized carbons (Fsp3) is 0.500. The van der Waals surface area contributed by atoms with Gasteiger partial charge in [0.2, 0.25) is 6.10 Å². The van der Waals surface area contributed by atoms with E-state index >= 15 is 0 Å². The molecule has 5 nitrogen and oxygen atoms in total. The van der Waals surface area contributed by atoms with Gasteiger partial charge < -0.3 is 14.9 Å². The van der Waals surface area contributed by atoms with E-state index in [-0.39, 0.29) is 5.91 Å². The van der Waals surface area contributed by atoms with Crippen molar-refractivity contribution in [1.82, 2.24) is 5.32 Å². The Kier molecular flexibility index (Phi) is 6.09. The van der Waals surface area contributed by atoms with Gasteiger partial charge in [0, 0.05) is 19.4 Å². The summed E-state index contributed by atoms with van der Waals surface area (Å²) in [5, 5.41) is 7.07. The fourth-order valence-electron chi connectivity index (χ4n) is 3.28. The van der Waals surface area contributed by atoms with Crippen LogP contribution in [-0.2, 0) is 16.1 Å². The van der Waals surface area contributed by atoms with Crippen LogP contribution in [0.5, 0.6) is 5.75 Å². The Morgan fingerprint density at radius 1 is 1.40 bits per heavy atom. The zero-order chi connectivity index (χ0) is 17.5. The Morgan fingerprint density at radius 3 is 3.12 bits per heavy atom. The highest BCUT2D eigenvalue weighted by Crippen LogP contribution is 2.20. The molecule has 5 heteroatoms. The van der Waals surface area contributed by atoms with E-state index in [1.165, 1.54) is 31.3 Å². The molecule has 25 heavy (non-hydrogen) atoms. The Bertz CT molecular complexity index is 667. The van der Waals surface area contributed by atoms with Crippen molar-refractivity contribution in [2.24, 2.45) is 5.16 Å². The van der Waals surface area contributed by atoms with Gasteiger partial charge in [0.25, 0.3) is 5.91 Å². The first-order valence-corrected chi connectivity index (χ1v) is 9.04. The zero-order valence-electron chi connectivity index (χ0n) is 14.8. The van der Waals surface area contributed by atoms with Gasteiger partial charge >= 0.3 is 0 Å². The zero-order valence-corrected chi connectivity index (χ0v) is 14.8. The monoisotopic (exact) mass is 342 g/mol. The first-order chi connectivity index (χ1) is 12.2. The number of carbonyl (C=O) groups excluding carboxylic acids is 1. The van der Waals surface area contributed by atoms with Gasteiger partial charge in [-0.1, -0.05) is 28.9 Å². The molecule has 1 amide bonds. The maximum atomic E-state index is 12.2. The van der Waals surface area contributed by atoms with Gasteiger partial charge in [0.1, 0.15) is 5.75 Å². The predicted molar refractivity (Wildman–Crippen MR) is 97.8 cm³/mol. The van der Waals surface area contributed by atoms with Crippen LogP contribution in [0.15, 0.2) is 41.1 Å². The normalized spacial score (nSPS) is 19.6. The third-order valence-electron chi connectivity index (χ3n) is 4.70. The summed E-state index contributed by atoms with van der Waals surface area (Å²) in [5.41, 5.74) is 3.46. The molecule has 3 rings (SSSR count). The summed E-state index contributed by atoms with van der Waals surface area (Å²) in [6, 6.07) is 7.87. The standard InChI is InChI=1S/C20H26N2O3/c1-24-18-9-5-8-16(13-18)12-17-14-19(25-22-17)20(23)21-11-10-15-6-3-2-4-7-15/h5-6,8-9,13,19H,2-4,7,10-12,14H2,1H3,(H,21,23). The number of nitrogens with one attached hydrogen (secondary N) is 1. The molecule has 0 spiro atoms. The van der Waals surface area contributed by atoms with Crippen LogP contribution >= 0.6 is 0 Å². The Morgan fingerprint density at radius 2 is 2.32 bits per heavy atom. The van der Waals surface area contributed by atoms with Crippen molar-refractivity contribution in [3.8, 4) is 5.75 Å². The van der Waals surface area contributed by atoms with Gasteiger partial charge in [-0.15, -0.1) is 0 Å². The summed E-state index contributed by atoms with van der Waals surface area (Å²) in [4.78, 5) is 17.6. The van der Waals surface area contributed by atoms with Crippen molar-refractivity contribution in [2.75, 3.05) is 13.7 Å². The number of carbonyl (C=O) groups is 1. The average molecular weight is 342 g/mol. The topological polar surface area (TPSA) is 59.9 Å². The number of ether oxygens (including phenoxy) is 1. The van der Waals surface area contributed by atoms with Crippen LogP contribution < -0.4 is 10.1 Å². The number of allylic oxidation sites excluding steroid dienone is 1. The molecular weight excluding hydrogens is 316 g/mol. The molecule has 1 atom stereocenters. The van der Waals surface area contributed by atoms with E-state index in [4.69, 9.17) is 9.57 Å². The first-order valence-electron chi connectivity index (χ1n) is 9.04. The lowest BCUT2D eigenvalue weighted by atomic mass is 9.97. The van der Waals surface area contributed by atoms with Crippen molar-refractivity contribution in [2.45, 2.75) is 51.0 Å². The van der Waals surface area contributed by atoms with Crippen LogP contribution in [0.2, 0.25) is 0 Å². The summed E-state index contributed by atoms with van der Waals surface area (Å²) in [6.45, 7) is 0.676. The third kappa shape index (κ3) is 5.08. The Balaban J connectivity index is 1.41. The highest BCUT2D eigenvalue weighted by Gasteiger charge is 2.27. The second-order valence-corrected chi connectivity index (χ2v) is 6.63. The van der Waals surface area contributed by atoms with E-state index in [0.717, 1.165) is 23.4 Å². The summed E-state index contributed by atoms with van der Waals surface area (Å²) < 4.78 is 5.23. The number of hydrogen-bond acceptors (Lipinski definition) is 4. The third-order valence-corrected chi connectivity index (χ3v) is 4.70. The molecule has 2 aliphatic rings. The number of benzene rings is 1. The Hall–Kier alpha value is -2.30. The molecule has 1 unspecified atom stereocenters. The number of hydrogen-bond donors (Lipinski definition) is 1. The molecule has 1 aliphatic carbocycles. The molecule has 0 radical (unpaired) electrons. The lowest BCUT2D eigenvalue weighted by Gasteiger charge is -2.14. The largest absolute Gasteiger partial charge is 0.497 e. The molecule has 0 bridgehead atoms. The molecule has 134 valence electrons. The number of oxime groups is 1. The van der Waals surface area contributed by atoms with Crippen LogP contribution in [0, 0.1) is 0 Å². The highest BCUT2D eigenvalue weighted by molar-refractivity contribution is 5.93. The molecular formula is C20H26N2O3. The maximum Gasteiger partial charge on any atom is 0.264 e. The van der Waals surface area contributed by atoms with Crippen LogP contribution in [0.25, 0.3) is 0 Å². The average Bonchev–Trinajstić information content (AvgIpc) is 3.11. The summed E-state index contributed by atoms with van der Waals surface area (Å²) >= 11 is 0. The van der Waals surface area contributed by atoms with E-state index in [1.54, 1.807) is 7.11 Å². The fourth-order valence-corrected chi connectivity index (χ4v) is 3.28. The number of methoxy groups -OCH3 is 1. The lowest BCUT2D eigenvalue weighted by molar-refractivity contribution is -0.131. The quantitative estimate of drug-likeness (QED) is 0.773. The van der Waals surface area contributed by atoms with Gasteiger partial charge in [0.15, 0.2) is 0 Å². The molecule has 0 saturated carbocycles. The number of nitrogens with zero attached hydrogens (tertiary/aromatic N) is 1. The van der Waals surface area contributed by atoms with Crippen LogP contribution in [0.4, 0.5) is 0 Å². The minimum Gasteiger partial charge on any atom is -0.497 e. The van der Waals surface area contributed by atoms with Crippen LogP contribution in [0.3, 0.4) is 0 Å². The van der Waals surface area contributed by atoms with Gasteiger partial charge in [-0.05, 0) is 49.8 Å². The SMILES string of the molecule is COc1cccc(CC2=NOC(C(=O)NCCC3=CCCCC3)C2)c1. The van der Waals surface area contributed by atoms with Crippen molar-refractivity contribution in [3.05, 3.63) is 41.5 Å². The predicted octanol–water partition coefficient (Wildman–Crippen LogP) is 3.39. The van der Waals surface area contributed by atoms with Crippen LogP contribution in [-0.4, -0.2) is 31.4 Å². The van der Waals surface area contributed by atoms with E-state index < -0.39 is 6.10 Å². The maximum absolute atomic E-state index is 12.2. The Labute approximate surface area is 149 Å². The van der Waals surface area contributed by atoms with Gasteiger partial charge in [0.05, 0.1) is 12.8 Å². The van der Waals surface area contributed by atoms with Gasteiger partial charge in [-0.2, -0.15) is 0 Å². The molecule has 1 aliphatic heterocycles. The molecule has 1 aromatic rings. The highest BCUT2D eigenvalue weighted by atomic mass is 16.6. The summed E-state index contributed by atoms with van der Waals surface area (Å²) in [7, 11) is 1.65. The number of rotatable bonds is 7. The minimum atomic E-state index is -0.499. The van der Waals surface area contributed by atoms with Gasteiger partial charge in [-0.25, -0.2) is 0 Å². The molecule has 1 N–H and O–H groups in total. The van der Waals surface area contributed by atoms with E-state index in [0.29, 0.717) is 19.4 Å².